The molecule has 1 aromatic rings. The summed E-state index contributed by atoms with van der Waals surface area (Å²) in [5.41, 5.74) is 7.76. The van der Waals surface area contributed by atoms with Gasteiger partial charge in [-0.15, -0.1) is 0 Å². The predicted molar refractivity (Wildman–Crippen MR) is 77.0 cm³/mol. The Morgan fingerprint density at radius 2 is 2.00 bits per heavy atom. The zero-order valence-corrected chi connectivity index (χ0v) is 12.5. The van der Waals surface area contributed by atoms with E-state index in [4.69, 9.17) is 5.73 Å². The molecule has 0 bridgehead atoms. The molecule has 0 radical (unpaired) electrons. The van der Waals surface area contributed by atoms with Crippen molar-refractivity contribution >= 4 is 15.9 Å². The molecular formula is C15H21BrFN. The number of rotatable bonds is 3. The summed E-state index contributed by atoms with van der Waals surface area (Å²) in [4.78, 5) is 0. The quantitative estimate of drug-likeness (QED) is 0.877. The fourth-order valence-electron chi connectivity index (χ4n) is 2.90. The summed E-state index contributed by atoms with van der Waals surface area (Å²) in [5.74, 6) is -0.205. The minimum Gasteiger partial charge on any atom is -0.327 e. The molecule has 1 aliphatic carbocycles. The molecule has 100 valence electrons. The van der Waals surface area contributed by atoms with Gasteiger partial charge in [-0.25, -0.2) is 4.39 Å². The van der Waals surface area contributed by atoms with E-state index in [-0.39, 0.29) is 17.3 Å². The molecule has 0 aromatic heterocycles. The summed E-state index contributed by atoms with van der Waals surface area (Å²) in [7, 11) is 0. The molecule has 1 aromatic carbocycles. The summed E-state index contributed by atoms with van der Waals surface area (Å²) in [6.45, 7) is 2.30. The van der Waals surface area contributed by atoms with Crippen LogP contribution in [0.25, 0.3) is 0 Å². The van der Waals surface area contributed by atoms with Gasteiger partial charge >= 0.3 is 0 Å². The van der Waals surface area contributed by atoms with Crippen LogP contribution in [0, 0.1) is 11.2 Å². The van der Waals surface area contributed by atoms with Gasteiger partial charge in [0.15, 0.2) is 0 Å². The molecule has 0 spiro atoms. The fourth-order valence-corrected chi connectivity index (χ4v) is 3.41. The highest BCUT2D eigenvalue weighted by molar-refractivity contribution is 9.10. The van der Waals surface area contributed by atoms with Crippen molar-refractivity contribution in [3.63, 3.8) is 0 Å². The number of benzene rings is 1. The molecule has 2 rings (SSSR count). The van der Waals surface area contributed by atoms with Crippen molar-refractivity contribution in [3.05, 3.63) is 34.1 Å². The standard InChI is InChI=1S/C15H21BrFN/c1-15(7-3-2-4-8-15)14(18)9-11-5-6-12(17)10-13(11)16/h5-6,10,14H,2-4,7-9,18H2,1H3. The largest absolute Gasteiger partial charge is 0.327 e. The van der Waals surface area contributed by atoms with E-state index < -0.39 is 0 Å². The lowest BCUT2D eigenvalue weighted by Gasteiger charge is -2.39. The molecule has 0 amide bonds. The Morgan fingerprint density at radius 3 is 2.61 bits per heavy atom. The van der Waals surface area contributed by atoms with Crippen LogP contribution < -0.4 is 5.73 Å². The van der Waals surface area contributed by atoms with Crippen molar-refractivity contribution in [2.24, 2.45) is 11.1 Å². The molecule has 1 aliphatic rings. The molecule has 3 heteroatoms. The third-order valence-corrected chi connectivity index (χ3v) is 5.08. The Hall–Kier alpha value is -0.410. The van der Waals surface area contributed by atoms with Gasteiger partial charge in [-0.2, -0.15) is 0 Å². The van der Waals surface area contributed by atoms with Crippen LogP contribution in [0.5, 0.6) is 0 Å². The smallest absolute Gasteiger partial charge is 0.124 e. The molecule has 18 heavy (non-hydrogen) atoms. The first kappa shape index (κ1) is 14.0. The highest BCUT2D eigenvalue weighted by atomic mass is 79.9. The van der Waals surface area contributed by atoms with Crippen molar-refractivity contribution in [3.8, 4) is 0 Å². The first-order valence-corrected chi connectivity index (χ1v) is 7.50. The average molecular weight is 314 g/mol. The van der Waals surface area contributed by atoms with Gasteiger partial charge in [-0.3, -0.25) is 0 Å². The molecule has 1 atom stereocenters. The van der Waals surface area contributed by atoms with Crippen molar-refractivity contribution in [2.45, 2.75) is 51.5 Å². The number of halogens is 2. The lowest BCUT2D eigenvalue weighted by atomic mass is 9.69. The highest BCUT2D eigenvalue weighted by Gasteiger charge is 2.33. The first-order valence-electron chi connectivity index (χ1n) is 6.71. The topological polar surface area (TPSA) is 26.0 Å². The SMILES string of the molecule is CC1(C(N)Cc2ccc(F)cc2Br)CCCCC1. The second-order valence-corrected chi connectivity index (χ2v) is 6.62. The maximum absolute atomic E-state index is 13.1. The Labute approximate surface area is 117 Å². The summed E-state index contributed by atoms with van der Waals surface area (Å²) in [5, 5.41) is 0. The minimum atomic E-state index is -0.205. The van der Waals surface area contributed by atoms with Crippen LogP contribution in [-0.2, 0) is 6.42 Å². The summed E-state index contributed by atoms with van der Waals surface area (Å²) in [6, 6.07) is 5.02. The van der Waals surface area contributed by atoms with Gasteiger partial charge in [0.1, 0.15) is 5.82 Å². The van der Waals surface area contributed by atoms with Crippen LogP contribution >= 0.6 is 15.9 Å². The normalized spacial score (nSPS) is 20.7. The van der Waals surface area contributed by atoms with Crippen LogP contribution in [0.15, 0.2) is 22.7 Å². The Morgan fingerprint density at radius 1 is 1.33 bits per heavy atom. The molecule has 1 unspecified atom stereocenters. The Bertz CT molecular complexity index is 413. The first-order chi connectivity index (χ1) is 8.51. The molecular weight excluding hydrogens is 293 g/mol. The Balaban J connectivity index is 2.08. The van der Waals surface area contributed by atoms with Crippen molar-refractivity contribution < 1.29 is 4.39 Å². The van der Waals surface area contributed by atoms with E-state index in [0.29, 0.717) is 0 Å². The van der Waals surface area contributed by atoms with E-state index in [1.165, 1.54) is 44.2 Å². The molecule has 2 N–H and O–H groups in total. The third-order valence-electron chi connectivity index (χ3n) is 4.35. The molecule has 1 nitrogen and oxygen atoms in total. The molecule has 0 aliphatic heterocycles. The number of nitrogens with two attached hydrogens (primary N) is 1. The van der Waals surface area contributed by atoms with Crippen molar-refractivity contribution in [1.29, 1.82) is 0 Å². The fraction of sp³-hybridized carbons (Fsp3) is 0.600. The molecule has 1 saturated carbocycles. The monoisotopic (exact) mass is 313 g/mol. The summed E-state index contributed by atoms with van der Waals surface area (Å²) >= 11 is 3.42. The van der Waals surface area contributed by atoms with Gasteiger partial charge in [0.25, 0.3) is 0 Å². The van der Waals surface area contributed by atoms with E-state index >= 15 is 0 Å². The van der Waals surface area contributed by atoms with Crippen LogP contribution in [0.1, 0.15) is 44.6 Å². The highest BCUT2D eigenvalue weighted by Crippen LogP contribution is 2.39. The van der Waals surface area contributed by atoms with Crippen molar-refractivity contribution in [1.82, 2.24) is 0 Å². The second kappa shape index (κ2) is 5.70. The van der Waals surface area contributed by atoms with E-state index in [1.54, 1.807) is 0 Å². The van der Waals surface area contributed by atoms with E-state index in [2.05, 4.69) is 22.9 Å². The third kappa shape index (κ3) is 3.12. The van der Waals surface area contributed by atoms with Crippen LogP contribution in [-0.4, -0.2) is 6.04 Å². The van der Waals surface area contributed by atoms with Crippen LogP contribution in [0.4, 0.5) is 4.39 Å². The van der Waals surface area contributed by atoms with Gasteiger partial charge < -0.3 is 5.73 Å². The minimum absolute atomic E-state index is 0.152. The average Bonchev–Trinajstić information content (AvgIpc) is 2.33. The lowest BCUT2D eigenvalue weighted by molar-refractivity contribution is 0.168. The number of hydrogen-bond acceptors (Lipinski definition) is 1. The van der Waals surface area contributed by atoms with E-state index in [1.807, 2.05) is 6.07 Å². The lowest BCUT2D eigenvalue weighted by Crippen LogP contribution is -2.42. The van der Waals surface area contributed by atoms with Gasteiger partial charge in [0, 0.05) is 10.5 Å². The van der Waals surface area contributed by atoms with Gasteiger partial charge in [-0.05, 0) is 42.4 Å². The molecule has 1 fully saturated rings. The summed E-state index contributed by atoms with van der Waals surface area (Å²) in [6.07, 6.45) is 7.16. The second-order valence-electron chi connectivity index (χ2n) is 5.76. The van der Waals surface area contributed by atoms with Gasteiger partial charge in [0.2, 0.25) is 0 Å². The predicted octanol–water partition coefficient (Wildman–Crippen LogP) is 4.43. The number of hydrogen-bond donors (Lipinski definition) is 1. The zero-order chi connectivity index (χ0) is 13.2. The summed E-state index contributed by atoms with van der Waals surface area (Å²) < 4.78 is 13.9. The van der Waals surface area contributed by atoms with Gasteiger partial charge in [0.05, 0.1) is 0 Å². The molecule has 0 heterocycles. The van der Waals surface area contributed by atoms with Crippen molar-refractivity contribution in [2.75, 3.05) is 0 Å². The molecule has 0 saturated heterocycles. The van der Waals surface area contributed by atoms with E-state index in [9.17, 15) is 4.39 Å². The zero-order valence-electron chi connectivity index (χ0n) is 10.9. The van der Waals surface area contributed by atoms with Crippen LogP contribution in [0.3, 0.4) is 0 Å². The Kier molecular flexibility index (Phi) is 4.44. The van der Waals surface area contributed by atoms with E-state index in [0.717, 1.165) is 16.5 Å². The van der Waals surface area contributed by atoms with Gasteiger partial charge in [-0.1, -0.05) is 48.2 Å². The van der Waals surface area contributed by atoms with Crippen LogP contribution in [0.2, 0.25) is 0 Å². The maximum atomic E-state index is 13.1. The maximum Gasteiger partial charge on any atom is 0.124 e.